The molecule has 0 aliphatic rings. The van der Waals surface area contributed by atoms with Crippen molar-refractivity contribution in [2.75, 3.05) is 11.9 Å². The largest absolute Gasteiger partial charge is 0.508 e. The highest BCUT2D eigenvalue weighted by molar-refractivity contribution is 9.09. The van der Waals surface area contributed by atoms with Gasteiger partial charge in [0.25, 0.3) is 0 Å². The van der Waals surface area contributed by atoms with Gasteiger partial charge in [-0.05, 0) is 24.1 Å². The number of hydrogen-bond donors (Lipinski definition) is 3. The lowest BCUT2D eigenvalue weighted by Crippen LogP contribution is -2.39. The zero-order valence-electron chi connectivity index (χ0n) is 8.69. The topological polar surface area (TPSA) is 69.6 Å². The summed E-state index contributed by atoms with van der Waals surface area (Å²) in [4.78, 5) is 10.9. The second-order valence-electron chi connectivity index (χ2n) is 3.40. The maximum Gasteiger partial charge on any atom is 0.321 e. The van der Waals surface area contributed by atoms with Gasteiger partial charge in [-0.1, -0.05) is 28.1 Å². The summed E-state index contributed by atoms with van der Waals surface area (Å²) >= 11 is 3.23. The van der Waals surface area contributed by atoms with Gasteiger partial charge in [0.15, 0.2) is 0 Å². The first-order valence-electron chi connectivity index (χ1n) is 4.93. The first kappa shape index (κ1) is 13.0. The molecule has 0 saturated carbocycles. The Labute approximate surface area is 102 Å². The molecule has 0 aliphatic heterocycles. The van der Waals surface area contributed by atoms with Gasteiger partial charge in [-0.15, -0.1) is 0 Å². The molecule has 16 heavy (non-hydrogen) atoms. The average Bonchev–Trinajstić information content (AvgIpc) is 2.26. The average molecular weight is 288 g/mol. The van der Waals surface area contributed by atoms with Crippen LogP contribution in [0.15, 0.2) is 24.3 Å². The number of carboxylic acids is 1. The van der Waals surface area contributed by atoms with Crippen molar-refractivity contribution < 1.29 is 15.0 Å². The van der Waals surface area contributed by atoms with Crippen molar-refractivity contribution in [1.82, 2.24) is 5.32 Å². The SMILES string of the molecule is O=C(O)[C@H](Cc1ccc(O)cc1)NCCBr. The van der Waals surface area contributed by atoms with Crippen molar-refractivity contribution in [2.45, 2.75) is 12.5 Å². The predicted octanol–water partition coefficient (Wildman–Crippen LogP) is 1.37. The number of carboxylic acid groups (broad SMARTS) is 1. The molecule has 0 aromatic heterocycles. The summed E-state index contributed by atoms with van der Waals surface area (Å²) in [6, 6.07) is 5.96. The second kappa shape index (κ2) is 6.50. The Hall–Kier alpha value is -1.07. The van der Waals surface area contributed by atoms with Crippen LogP contribution in [-0.4, -0.2) is 34.1 Å². The Bertz CT molecular complexity index is 340. The van der Waals surface area contributed by atoms with Gasteiger partial charge in [-0.3, -0.25) is 4.79 Å². The normalized spacial score (nSPS) is 12.3. The third kappa shape index (κ3) is 4.20. The summed E-state index contributed by atoms with van der Waals surface area (Å²) in [5.74, 6) is -0.682. The van der Waals surface area contributed by atoms with Gasteiger partial charge in [-0.2, -0.15) is 0 Å². The molecule has 0 spiro atoms. The van der Waals surface area contributed by atoms with Crippen LogP contribution in [0.3, 0.4) is 0 Å². The lowest BCUT2D eigenvalue weighted by molar-refractivity contribution is -0.139. The van der Waals surface area contributed by atoms with Crippen molar-refractivity contribution in [1.29, 1.82) is 0 Å². The summed E-state index contributed by atoms with van der Waals surface area (Å²) < 4.78 is 0. The minimum Gasteiger partial charge on any atom is -0.508 e. The number of carbonyl (C=O) groups is 1. The van der Waals surface area contributed by atoms with Gasteiger partial charge in [-0.25, -0.2) is 0 Å². The molecule has 4 nitrogen and oxygen atoms in total. The van der Waals surface area contributed by atoms with Gasteiger partial charge >= 0.3 is 5.97 Å². The molecule has 0 aliphatic carbocycles. The number of phenolic OH excluding ortho intramolecular Hbond substituents is 1. The van der Waals surface area contributed by atoms with Crippen LogP contribution in [0, 0.1) is 0 Å². The fourth-order valence-electron chi connectivity index (χ4n) is 1.34. The van der Waals surface area contributed by atoms with Crippen LogP contribution in [0.4, 0.5) is 0 Å². The molecule has 1 aromatic carbocycles. The highest BCUT2D eigenvalue weighted by atomic mass is 79.9. The number of hydrogen-bond acceptors (Lipinski definition) is 3. The van der Waals surface area contributed by atoms with Crippen molar-refractivity contribution >= 4 is 21.9 Å². The quantitative estimate of drug-likeness (QED) is 0.692. The Balaban J connectivity index is 2.60. The molecule has 0 radical (unpaired) electrons. The Morgan fingerprint density at radius 3 is 2.50 bits per heavy atom. The van der Waals surface area contributed by atoms with E-state index in [0.717, 1.165) is 5.56 Å². The van der Waals surface area contributed by atoms with E-state index in [4.69, 9.17) is 10.2 Å². The molecule has 0 heterocycles. The smallest absolute Gasteiger partial charge is 0.321 e. The third-order valence-electron chi connectivity index (χ3n) is 2.16. The Kier molecular flexibility index (Phi) is 5.28. The summed E-state index contributed by atoms with van der Waals surface area (Å²) in [5, 5.41) is 21.7. The van der Waals surface area contributed by atoms with Gasteiger partial charge in [0, 0.05) is 11.9 Å². The molecule has 1 rings (SSSR count). The van der Waals surface area contributed by atoms with Crippen LogP contribution in [0.5, 0.6) is 5.75 Å². The first-order valence-corrected chi connectivity index (χ1v) is 6.05. The van der Waals surface area contributed by atoms with Crippen molar-refractivity contribution in [3.8, 4) is 5.75 Å². The van der Waals surface area contributed by atoms with E-state index in [1.165, 1.54) is 0 Å². The Morgan fingerprint density at radius 2 is 2.00 bits per heavy atom. The summed E-state index contributed by atoms with van der Waals surface area (Å²) in [6.45, 7) is 0.606. The van der Waals surface area contributed by atoms with Crippen molar-refractivity contribution in [3.63, 3.8) is 0 Å². The molecule has 0 saturated heterocycles. The van der Waals surface area contributed by atoms with Crippen LogP contribution in [-0.2, 0) is 11.2 Å². The van der Waals surface area contributed by atoms with E-state index in [0.29, 0.717) is 18.3 Å². The molecular weight excluding hydrogens is 274 g/mol. The van der Waals surface area contributed by atoms with E-state index in [9.17, 15) is 4.79 Å². The molecule has 1 atom stereocenters. The molecule has 0 fully saturated rings. The van der Waals surface area contributed by atoms with E-state index in [1.807, 2.05) is 0 Å². The molecule has 5 heteroatoms. The number of phenols is 1. The first-order chi connectivity index (χ1) is 7.63. The lowest BCUT2D eigenvalue weighted by atomic mass is 10.1. The number of rotatable bonds is 6. The molecular formula is C11H14BrNO3. The molecule has 0 amide bonds. The van der Waals surface area contributed by atoms with E-state index in [1.54, 1.807) is 24.3 Å². The lowest BCUT2D eigenvalue weighted by Gasteiger charge is -2.13. The number of alkyl halides is 1. The molecule has 3 N–H and O–H groups in total. The summed E-state index contributed by atoms with van der Waals surface area (Å²) in [6.07, 6.45) is 0.405. The zero-order chi connectivity index (χ0) is 12.0. The van der Waals surface area contributed by atoms with Crippen LogP contribution in [0.1, 0.15) is 5.56 Å². The van der Waals surface area contributed by atoms with E-state index in [2.05, 4.69) is 21.2 Å². The van der Waals surface area contributed by atoms with Crippen LogP contribution >= 0.6 is 15.9 Å². The van der Waals surface area contributed by atoms with Crippen LogP contribution < -0.4 is 5.32 Å². The van der Waals surface area contributed by atoms with Crippen molar-refractivity contribution in [2.24, 2.45) is 0 Å². The molecule has 88 valence electrons. The van der Waals surface area contributed by atoms with E-state index < -0.39 is 12.0 Å². The van der Waals surface area contributed by atoms with Gasteiger partial charge in [0.1, 0.15) is 11.8 Å². The molecule has 1 aromatic rings. The number of benzene rings is 1. The highest BCUT2D eigenvalue weighted by Crippen LogP contribution is 2.11. The maximum atomic E-state index is 10.9. The number of nitrogens with one attached hydrogen (secondary N) is 1. The molecule has 0 unspecified atom stereocenters. The monoisotopic (exact) mass is 287 g/mol. The highest BCUT2D eigenvalue weighted by Gasteiger charge is 2.16. The minimum atomic E-state index is -0.867. The summed E-state index contributed by atoms with van der Waals surface area (Å²) in [5.41, 5.74) is 0.882. The van der Waals surface area contributed by atoms with Crippen LogP contribution in [0.2, 0.25) is 0 Å². The van der Waals surface area contributed by atoms with Gasteiger partial charge < -0.3 is 15.5 Å². The van der Waals surface area contributed by atoms with Gasteiger partial charge in [0.2, 0.25) is 0 Å². The predicted molar refractivity (Wildman–Crippen MR) is 65.0 cm³/mol. The maximum absolute atomic E-state index is 10.9. The zero-order valence-corrected chi connectivity index (χ0v) is 10.3. The second-order valence-corrected chi connectivity index (χ2v) is 4.20. The third-order valence-corrected chi connectivity index (χ3v) is 2.56. The molecule has 0 bridgehead atoms. The standard InChI is InChI=1S/C11H14BrNO3/c12-5-6-13-10(11(15)16)7-8-1-3-9(14)4-2-8/h1-4,10,13-14H,5-7H2,(H,15,16)/t10-/m0/s1. The van der Waals surface area contributed by atoms with Crippen molar-refractivity contribution in [3.05, 3.63) is 29.8 Å². The fourth-order valence-corrected chi connectivity index (χ4v) is 1.57. The van der Waals surface area contributed by atoms with E-state index >= 15 is 0 Å². The van der Waals surface area contributed by atoms with Gasteiger partial charge in [0.05, 0.1) is 0 Å². The number of halogens is 1. The fraction of sp³-hybridized carbons (Fsp3) is 0.364. The minimum absolute atomic E-state index is 0.184. The Morgan fingerprint density at radius 1 is 1.38 bits per heavy atom. The summed E-state index contributed by atoms with van der Waals surface area (Å²) in [7, 11) is 0. The number of aromatic hydroxyl groups is 1. The van der Waals surface area contributed by atoms with E-state index in [-0.39, 0.29) is 5.75 Å². The number of aliphatic carboxylic acids is 1. The van der Waals surface area contributed by atoms with Crippen LogP contribution in [0.25, 0.3) is 0 Å².